The fourth-order valence-corrected chi connectivity index (χ4v) is 2.83. The minimum atomic E-state index is 0.290. The largest absolute Gasteiger partial charge is 0.399 e. The third-order valence-corrected chi connectivity index (χ3v) is 3.96. The molecule has 3 N–H and O–H groups in total. The number of fused-ring (bicyclic) bond motifs is 1. The van der Waals surface area contributed by atoms with Gasteiger partial charge < -0.3 is 15.5 Å². The van der Waals surface area contributed by atoms with Crippen molar-refractivity contribution in [3.05, 3.63) is 24.0 Å². The third-order valence-electron chi connectivity index (χ3n) is 3.96. The molecule has 0 saturated carbocycles. The van der Waals surface area contributed by atoms with E-state index in [4.69, 9.17) is 10.5 Å². The van der Waals surface area contributed by atoms with Crippen LogP contribution in [0.1, 0.15) is 26.1 Å². The van der Waals surface area contributed by atoms with Gasteiger partial charge in [0.2, 0.25) is 0 Å². The third kappa shape index (κ3) is 2.64. The lowest BCUT2D eigenvalue weighted by Gasteiger charge is -2.37. The molecule has 2 unspecified atom stereocenters. The van der Waals surface area contributed by atoms with Crippen LogP contribution in [-0.2, 0) is 11.3 Å². The van der Waals surface area contributed by atoms with E-state index in [1.165, 1.54) is 0 Å². The summed E-state index contributed by atoms with van der Waals surface area (Å²) in [7, 11) is 0. The van der Waals surface area contributed by atoms with Crippen LogP contribution in [-0.4, -0.2) is 40.2 Å². The van der Waals surface area contributed by atoms with Gasteiger partial charge in [-0.1, -0.05) is 6.92 Å². The summed E-state index contributed by atoms with van der Waals surface area (Å²) in [6, 6.07) is 6.26. The maximum absolute atomic E-state index is 5.80. The zero-order chi connectivity index (χ0) is 14.1. The van der Waals surface area contributed by atoms with E-state index >= 15 is 0 Å². The Labute approximate surface area is 119 Å². The summed E-state index contributed by atoms with van der Waals surface area (Å²) in [5, 5.41) is 0. The molecule has 2 heterocycles. The number of H-pyrrole nitrogens is 1. The van der Waals surface area contributed by atoms with Gasteiger partial charge in [-0.15, -0.1) is 0 Å². The van der Waals surface area contributed by atoms with Gasteiger partial charge in [0, 0.05) is 18.3 Å². The second-order valence-corrected chi connectivity index (χ2v) is 5.60. The smallest absolute Gasteiger partial charge is 0.121 e. The number of morpholine rings is 1. The van der Waals surface area contributed by atoms with Crippen molar-refractivity contribution in [3.63, 3.8) is 0 Å². The SMILES string of the molecule is CCC1COC(C)CN1Cc1nc2ccc(N)cc2[nH]1. The molecular formula is C15H22N4O. The van der Waals surface area contributed by atoms with Gasteiger partial charge in [-0.25, -0.2) is 4.98 Å². The topological polar surface area (TPSA) is 67.2 Å². The summed E-state index contributed by atoms with van der Waals surface area (Å²) in [5.41, 5.74) is 8.55. The highest BCUT2D eigenvalue weighted by atomic mass is 16.5. The highest BCUT2D eigenvalue weighted by molar-refractivity contribution is 5.78. The molecule has 5 nitrogen and oxygen atoms in total. The summed E-state index contributed by atoms with van der Waals surface area (Å²) < 4.78 is 5.74. The second kappa shape index (κ2) is 5.42. The average molecular weight is 274 g/mol. The number of nitrogens with two attached hydrogens (primary N) is 1. The van der Waals surface area contributed by atoms with Crippen molar-refractivity contribution in [3.8, 4) is 0 Å². The summed E-state index contributed by atoms with van der Waals surface area (Å²) in [6.45, 7) is 6.93. The zero-order valence-corrected chi connectivity index (χ0v) is 12.1. The molecule has 0 amide bonds. The fraction of sp³-hybridized carbons (Fsp3) is 0.533. The first kappa shape index (κ1) is 13.4. The van der Waals surface area contributed by atoms with Crippen molar-refractivity contribution in [1.82, 2.24) is 14.9 Å². The molecule has 2 aromatic rings. The molecule has 20 heavy (non-hydrogen) atoms. The number of rotatable bonds is 3. The van der Waals surface area contributed by atoms with Crippen LogP contribution in [0.2, 0.25) is 0 Å². The maximum Gasteiger partial charge on any atom is 0.121 e. The molecule has 108 valence electrons. The van der Waals surface area contributed by atoms with E-state index < -0.39 is 0 Å². The van der Waals surface area contributed by atoms with Crippen molar-refractivity contribution in [2.75, 3.05) is 18.9 Å². The molecule has 2 atom stereocenters. The van der Waals surface area contributed by atoms with Crippen molar-refractivity contribution in [2.24, 2.45) is 0 Å². The minimum Gasteiger partial charge on any atom is -0.399 e. The number of ether oxygens (including phenoxy) is 1. The van der Waals surface area contributed by atoms with Crippen molar-refractivity contribution < 1.29 is 4.74 Å². The first-order valence-corrected chi connectivity index (χ1v) is 7.25. The first-order chi connectivity index (χ1) is 9.65. The Balaban J connectivity index is 1.80. The summed E-state index contributed by atoms with van der Waals surface area (Å²) in [6.07, 6.45) is 1.39. The van der Waals surface area contributed by atoms with E-state index in [0.717, 1.165) is 48.7 Å². The molecule has 1 saturated heterocycles. The Morgan fingerprint density at radius 1 is 1.50 bits per heavy atom. The van der Waals surface area contributed by atoms with Crippen molar-refractivity contribution >= 4 is 16.7 Å². The number of nitrogens with zero attached hydrogens (tertiary/aromatic N) is 2. The normalized spacial score (nSPS) is 24.3. The van der Waals surface area contributed by atoms with Gasteiger partial charge in [-0.2, -0.15) is 0 Å². The fourth-order valence-electron chi connectivity index (χ4n) is 2.83. The molecule has 0 radical (unpaired) electrons. The van der Waals surface area contributed by atoms with E-state index in [9.17, 15) is 0 Å². The lowest BCUT2D eigenvalue weighted by atomic mass is 10.1. The average Bonchev–Trinajstić information content (AvgIpc) is 2.80. The number of nitrogens with one attached hydrogen (secondary N) is 1. The number of hydrogen-bond acceptors (Lipinski definition) is 4. The predicted octanol–water partition coefficient (Wildman–Crippen LogP) is 2.14. The molecule has 1 fully saturated rings. The van der Waals surface area contributed by atoms with Gasteiger partial charge in [0.05, 0.1) is 30.3 Å². The quantitative estimate of drug-likeness (QED) is 0.842. The summed E-state index contributed by atoms with van der Waals surface area (Å²) >= 11 is 0. The molecule has 3 rings (SSSR count). The summed E-state index contributed by atoms with van der Waals surface area (Å²) in [5.74, 6) is 0.998. The van der Waals surface area contributed by atoms with Crippen LogP contribution in [0.3, 0.4) is 0 Å². The number of nitrogen functional groups attached to an aromatic ring is 1. The van der Waals surface area contributed by atoms with Gasteiger partial charge in [-0.05, 0) is 31.5 Å². The number of aromatic amines is 1. The lowest BCUT2D eigenvalue weighted by Crippen LogP contribution is -2.48. The van der Waals surface area contributed by atoms with Crippen LogP contribution in [0.25, 0.3) is 11.0 Å². The standard InChI is InChI=1S/C15H22N4O/c1-3-12-9-20-10(2)7-19(12)8-15-17-13-5-4-11(16)6-14(13)18-15/h4-6,10,12H,3,7-9,16H2,1-2H3,(H,17,18). The van der Waals surface area contributed by atoms with Gasteiger partial charge >= 0.3 is 0 Å². The maximum atomic E-state index is 5.80. The molecule has 1 aliphatic rings. The monoisotopic (exact) mass is 274 g/mol. The van der Waals surface area contributed by atoms with Crippen molar-refractivity contribution in [2.45, 2.75) is 39.0 Å². The molecular weight excluding hydrogens is 252 g/mol. The van der Waals surface area contributed by atoms with E-state index in [1.807, 2.05) is 18.2 Å². The van der Waals surface area contributed by atoms with Crippen LogP contribution < -0.4 is 5.73 Å². The van der Waals surface area contributed by atoms with Crippen LogP contribution in [0.15, 0.2) is 18.2 Å². The molecule has 1 aromatic heterocycles. The number of benzene rings is 1. The van der Waals surface area contributed by atoms with Crippen LogP contribution >= 0.6 is 0 Å². The van der Waals surface area contributed by atoms with E-state index in [0.29, 0.717) is 6.04 Å². The van der Waals surface area contributed by atoms with Crippen LogP contribution in [0.5, 0.6) is 0 Å². The Hall–Kier alpha value is -1.59. The highest BCUT2D eigenvalue weighted by Crippen LogP contribution is 2.19. The summed E-state index contributed by atoms with van der Waals surface area (Å²) in [4.78, 5) is 10.5. The lowest BCUT2D eigenvalue weighted by molar-refractivity contribution is -0.0599. The Bertz CT molecular complexity index is 595. The Morgan fingerprint density at radius 3 is 3.15 bits per heavy atom. The van der Waals surface area contributed by atoms with Gasteiger partial charge in [-0.3, -0.25) is 4.90 Å². The highest BCUT2D eigenvalue weighted by Gasteiger charge is 2.26. The van der Waals surface area contributed by atoms with E-state index in [-0.39, 0.29) is 6.10 Å². The number of hydrogen-bond donors (Lipinski definition) is 2. The molecule has 0 aliphatic carbocycles. The zero-order valence-electron chi connectivity index (χ0n) is 12.1. The van der Waals surface area contributed by atoms with E-state index in [2.05, 4.69) is 28.7 Å². The molecule has 5 heteroatoms. The first-order valence-electron chi connectivity index (χ1n) is 7.25. The van der Waals surface area contributed by atoms with Crippen LogP contribution in [0, 0.1) is 0 Å². The van der Waals surface area contributed by atoms with Gasteiger partial charge in [0.1, 0.15) is 5.82 Å². The number of anilines is 1. The van der Waals surface area contributed by atoms with Crippen LogP contribution in [0.4, 0.5) is 5.69 Å². The second-order valence-electron chi connectivity index (χ2n) is 5.60. The minimum absolute atomic E-state index is 0.290. The van der Waals surface area contributed by atoms with Crippen molar-refractivity contribution in [1.29, 1.82) is 0 Å². The van der Waals surface area contributed by atoms with Gasteiger partial charge in [0.25, 0.3) is 0 Å². The van der Waals surface area contributed by atoms with E-state index in [1.54, 1.807) is 0 Å². The number of aromatic nitrogens is 2. The Kier molecular flexibility index (Phi) is 3.63. The molecule has 1 aliphatic heterocycles. The van der Waals surface area contributed by atoms with Gasteiger partial charge in [0.15, 0.2) is 0 Å². The Morgan fingerprint density at radius 2 is 2.35 bits per heavy atom. The molecule has 0 spiro atoms. The molecule has 1 aromatic carbocycles. The molecule has 0 bridgehead atoms. The predicted molar refractivity (Wildman–Crippen MR) is 80.4 cm³/mol. The number of imidazole rings is 1.